The number of nitrogens with zero attached hydrogens (tertiary/aromatic N) is 2. The van der Waals surface area contributed by atoms with Crippen molar-refractivity contribution in [1.82, 2.24) is 4.90 Å². The summed E-state index contributed by atoms with van der Waals surface area (Å²) in [5.74, 6) is 0.403. The van der Waals surface area contributed by atoms with Crippen LogP contribution in [0.5, 0.6) is 5.75 Å². The van der Waals surface area contributed by atoms with Crippen LogP contribution in [0.4, 0.5) is 5.69 Å². The fourth-order valence-corrected chi connectivity index (χ4v) is 5.43. The van der Waals surface area contributed by atoms with Gasteiger partial charge in [-0.15, -0.1) is 0 Å². The number of carbonyl (C=O) groups is 1. The van der Waals surface area contributed by atoms with E-state index >= 15 is 0 Å². The zero-order chi connectivity index (χ0) is 24.0. The number of ether oxygens (including phenoxy) is 1. The lowest BCUT2D eigenvalue weighted by atomic mass is 9.48. The summed E-state index contributed by atoms with van der Waals surface area (Å²) >= 11 is 6.24. The van der Waals surface area contributed by atoms with E-state index in [1.54, 1.807) is 30.3 Å². The van der Waals surface area contributed by atoms with Crippen LogP contribution < -0.4 is 9.64 Å². The van der Waals surface area contributed by atoms with Crippen LogP contribution in [0.15, 0.2) is 47.4 Å². The maximum absolute atomic E-state index is 13.5. The van der Waals surface area contributed by atoms with Gasteiger partial charge in [0.05, 0.1) is 33.8 Å². The van der Waals surface area contributed by atoms with E-state index in [-0.39, 0.29) is 10.8 Å². The lowest BCUT2D eigenvalue weighted by molar-refractivity contribution is -0.125. The second-order valence-corrected chi connectivity index (χ2v) is 11.2. The maximum Gasteiger partial charge on any atom is 0.236 e. The lowest BCUT2D eigenvalue weighted by Gasteiger charge is -2.40. The molecule has 33 heavy (non-hydrogen) atoms. The molecule has 11 heteroatoms. The Labute approximate surface area is 203 Å². The van der Waals surface area contributed by atoms with Crippen LogP contribution in [0.3, 0.4) is 0 Å². The molecule has 2 aliphatic rings. The highest BCUT2D eigenvalue weighted by molar-refractivity contribution is 7.90. The van der Waals surface area contributed by atoms with Gasteiger partial charge in [-0.2, -0.15) is 0 Å². The van der Waals surface area contributed by atoms with Crippen LogP contribution in [0.25, 0.3) is 0 Å². The number of sulfone groups is 1. The van der Waals surface area contributed by atoms with Crippen molar-refractivity contribution < 1.29 is 17.9 Å². The second kappa shape index (κ2) is 8.71. The predicted octanol–water partition coefficient (Wildman–Crippen LogP) is 1.62. The molecule has 0 bridgehead atoms. The molecular weight excluding hydrogens is 456 g/mol. The summed E-state index contributed by atoms with van der Waals surface area (Å²) in [6.45, 7) is 2.45. The average Bonchev–Trinajstić information content (AvgIpc) is 2.97. The molecule has 0 N–H and O–H groups in total. The van der Waals surface area contributed by atoms with Crippen molar-refractivity contribution in [2.24, 2.45) is 0 Å². The average molecular weight is 478 g/mol. The largest absolute Gasteiger partial charge is 0.492 e. The normalized spacial score (nSPS) is 18.5. The number of piperidine rings is 1. The first-order valence-electron chi connectivity index (χ1n) is 10.6. The number of fused-ring (bicyclic) bond motifs is 2. The molecule has 2 aromatic rings. The van der Waals surface area contributed by atoms with Gasteiger partial charge in [0.2, 0.25) is 5.91 Å². The van der Waals surface area contributed by atoms with Crippen molar-refractivity contribution in [1.29, 1.82) is 0 Å². The first kappa shape index (κ1) is 24.2. The summed E-state index contributed by atoms with van der Waals surface area (Å²) in [7, 11) is 14.5. The summed E-state index contributed by atoms with van der Waals surface area (Å²) in [6.07, 6.45) is 2.32. The first-order valence-corrected chi connectivity index (χ1v) is 12.9. The Balaban J connectivity index is 1.40. The molecule has 2 aromatic carbocycles. The summed E-state index contributed by atoms with van der Waals surface area (Å²) in [6, 6.07) is 11.6. The van der Waals surface area contributed by atoms with Gasteiger partial charge in [0, 0.05) is 23.5 Å². The summed E-state index contributed by atoms with van der Waals surface area (Å²) in [5, 5.41) is -1.27. The van der Waals surface area contributed by atoms with Crippen LogP contribution in [0.2, 0.25) is 5.02 Å². The van der Waals surface area contributed by atoms with Crippen molar-refractivity contribution in [3.05, 3.63) is 53.1 Å². The third-order valence-corrected chi connectivity index (χ3v) is 7.72. The van der Waals surface area contributed by atoms with Gasteiger partial charge in [-0.25, -0.2) is 8.42 Å². The lowest BCUT2D eigenvalue weighted by Crippen LogP contribution is -2.57. The molecule has 0 aliphatic carbocycles. The van der Waals surface area contributed by atoms with Crippen LogP contribution in [-0.4, -0.2) is 80.5 Å². The third kappa shape index (κ3) is 4.70. The number of amides is 1. The van der Waals surface area contributed by atoms with Gasteiger partial charge in [-0.05, 0) is 74.0 Å². The Hall–Kier alpha value is -1.90. The van der Waals surface area contributed by atoms with E-state index in [1.807, 2.05) is 0 Å². The van der Waals surface area contributed by atoms with Crippen LogP contribution >= 0.6 is 11.6 Å². The van der Waals surface area contributed by atoms with E-state index in [2.05, 4.69) is 4.90 Å². The van der Waals surface area contributed by atoms with Crippen molar-refractivity contribution in [2.75, 3.05) is 37.4 Å². The standard InChI is InChI=1S/C22H22B3ClN2O4S/c1-33(30,31)17-5-3-16(4-6-17)32-13-12-27-10-8-21(9-11-27)18-14-15(26)2-7-19(18)28(20(21)29)22(23,24)25/h2-7,14H,8-13H2,1H3. The van der Waals surface area contributed by atoms with Gasteiger partial charge >= 0.3 is 0 Å². The molecule has 1 saturated heterocycles. The highest BCUT2D eigenvalue weighted by Gasteiger charge is 2.53. The Morgan fingerprint density at radius 1 is 1.09 bits per heavy atom. The molecule has 0 aromatic heterocycles. The molecule has 1 amide bonds. The fourth-order valence-electron chi connectivity index (χ4n) is 4.63. The minimum atomic E-state index is -3.24. The highest BCUT2D eigenvalue weighted by atomic mass is 35.5. The van der Waals surface area contributed by atoms with Gasteiger partial charge in [-0.1, -0.05) is 16.8 Å². The second-order valence-electron chi connectivity index (χ2n) is 8.71. The third-order valence-electron chi connectivity index (χ3n) is 6.35. The van der Waals surface area contributed by atoms with Crippen molar-refractivity contribution in [3.8, 4) is 5.75 Å². The van der Waals surface area contributed by atoms with Gasteiger partial charge in [-0.3, -0.25) is 9.69 Å². The Kier molecular flexibility index (Phi) is 6.40. The topological polar surface area (TPSA) is 66.9 Å². The zero-order valence-electron chi connectivity index (χ0n) is 18.3. The van der Waals surface area contributed by atoms with E-state index < -0.39 is 20.5 Å². The molecule has 6 radical (unpaired) electrons. The van der Waals surface area contributed by atoms with Gasteiger partial charge in [0.15, 0.2) is 9.84 Å². The number of hydrogen-bond acceptors (Lipinski definition) is 5. The van der Waals surface area contributed by atoms with Crippen LogP contribution in [0, 0.1) is 0 Å². The number of benzene rings is 2. The van der Waals surface area contributed by atoms with E-state index in [0.717, 1.165) is 5.56 Å². The number of halogens is 1. The molecule has 0 saturated carbocycles. The smallest absolute Gasteiger partial charge is 0.236 e. The number of carbonyl (C=O) groups excluding carboxylic acids is 1. The van der Waals surface area contributed by atoms with Gasteiger partial charge < -0.3 is 9.64 Å². The molecule has 2 heterocycles. The van der Waals surface area contributed by atoms with Crippen molar-refractivity contribution in [3.63, 3.8) is 0 Å². The number of likely N-dealkylation sites (tertiary alicyclic amines) is 1. The molecule has 1 spiro atoms. The molecule has 0 unspecified atom stereocenters. The molecule has 166 valence electrons. The maximum atomic E-state index is 13.5. The SMILES string of the molecule is [B]C([B])([B])N1C(=O)C2(CCN(CCOc3ccc(S(C)(=O)=O)cc3)CC2)c2cc(Cl)ccc21. The van der Waals surface area contributed by atoms with E-state index in [4.69, 9.17) is 39.9 Å². The minimum absolute atomic E-state index is 0.200. The quantitative estimate of drug-likeness (QED) is 0.591. The number of rotatable bonds is 6. The molecule has 6 nitrogen and oxygen atoms in total. The Morgan fingerprint density at radius 2 is 1.73 bits per heavy atom. The Morgan fingerprint density at radius 3 is 2.30 bits per heavy atom. The molecule has 1 fully saturated rings. The van der Waals surface area contributed by atoms with Gasteiger partial charge in [0.25, 0.3) is 0 Å². The number of hydrogen-bond donors (Lipinski definition) is 0. The summed E-state index contributed by atoms with van der Waals surface area (Å²) < 4.78 is 28.9. The zero-order valence-corrected chi connectivity index (χ0v) is 19.9. The van der Waals surface area contributed by atoms with Gasteiger partial charge in [0.1, 0.15) is 12.4 Å². The minimum Gasteiger partial charge on any atom is -0.492 e. The summed E-state index contributed by atoms with van der Waals surface area (Å²) in [5.41, 5.74) is 0.654. The monoisotopic (exact) mass is 478 g/mol. The van der Waals surface area contributed by atoms with E-state index in [0.29, 0.717) is 55.5 Å². The molecule has 4 rings (SSSR count). The molecule has 0 atom stereocenters. The van der Waals surface area contributed by atoms with Crippen LogP contribution in [0.1, 0.15) is 18.4 Å². The van der Waals surface area contributed by atoms with E-state index in [1.165, 1.54) is 23.3 Å². The highest BCUT2D eigenvalue weighted by Crippen LogP contribution is 2.50. The number of anilines is 1. The molecular formula is C22H22B3ClN2O4S. The van der Waals surface area contributed by atoms with Crippen molar-refractivity contribution in [2.45, 2.75) is 28.4 Å². The molecule has 2 aliphatic heterocycles. The summed E-state index contributed by atoms with van der Waals surface area (Å²) in [4.78, 5) is 17.2. The van der Waals surface area contributed by atoms with Crippen molar-refractivity contribution >= 4 is 56.6 Å². The first-order chi connectivity index (χ1) is 15.4. The predicted molar refractivity (Wildman–Crippen MR) is 131 cm³/mol. The fraction of sp³-hybridized carbons (Fsp3) is 0.409. The van der Waals surface area contributed by atoms with Crippen LogP contribution in [-0.2, 0) is 20.0 Å². The van der Waals surface area contributed by atoms with E-state index in [9.17, 15) is 13.2 Å². The Bertz CT molecular complexity index is 1160.